The molecular formula is C24H21NO4. The van der Waals surface area contributed by atoms with Crippen molar-refractivity contribution in [1.29, 1.82) is 0 Å². The molecule has 0 heterocycles. The van der Waals surface area contributed by atoms with Gasteiger partial charge in [-0.3, -0.25) is 4.79 Å². The SMILES string of the molecule is COC(=O)C(=Cc1ccc(Oc2ccccc2C)cc1)NC(=O)c1ccccc1. The molecule has 1 N–H and O–H groups in total. The van der Waals surface area contributed by atoms with Crippen LogP contribution in [0.3, 0.4) is 0 Å². The molecule has 0 saturated heterocycles. The van der Waals surface area contributed by atoms with E-state index in [1.54, 1.807) is 54.6 Å². The first kappa shape index (κ1) is 19.9. The fourth-order valence-electron chi connectivity index (χ4n) is 2.64. The molecule has 0 aliphatic carbocycles. The summed E-state index contributed by atoms with van der Waals surface area (Å²) in [5.74, 6) is 0.432. The molecule has 0 spiro atoms. The molecule has 0 radical (unpaired) electrons. The summed E-state index contributed by atoms with van der Waals surface area (Å²) in [6.45, 7) is 1.98. The highest BCUT2D eigenvalue weighted by Crippen LogP contribution is 2.25. The second-order valence-electron chi connectivity index (χ2n) is 6.31. The second kappa shape index (κ2) is 9.37. The van der Waals surface area contributed by atoms with Crippen molar-refractivity contribution in [2.24, 2.45) is 0 Å². The number of carbonyl (C=O) groups is 2. The van der Waals surface area contributed by atoms with E-state index >= 15 is 0 Å². The third-order valence-electron chi connectivity index (χ3n) is 4.20. The van der Waals surface area contributed by atoms with Crippen LogP contribution >= 0.6 is 0 Å². The molecule has 146 valence electrons. The van der Waals surface area contributed by atoms with E-state index in [1.807, 2.05) is 37.3 Å². The van der Waals surface area contributed by atoms with E-state index in [4.69, 9.17) is 9.47 Å². The van der Waals surface area contributed by atoms with Gasteiger partial charge in [-0.15, -0.1) is 0 Å². The number of carbonyl (C=O) groups excluding carboxylic acids is 2. The minimum absolute atomic E-state index is 0.0499. The molecule has 0 unspecified atom stereocenters. The number of benzene rings is 3. The van der Waals surface area contributed by atoms with Crippen molar-refractivity contribution >= 4 is 18.0 Å². The summed E-state index contributed by atoms with van der Waals surface area (Å²) in [4.78, 5) is 24.5. The first-order chi connectivity index (χ1) is 14.1. The molecule has 3 aromatic carbocycles. The summed E-state index contributed by atoms with van der Waals surface area (Å²) < 4.78 is 10.7. The van der Waals surface area contributed by atoms with Gasteiger partial charge in [0.1, 0.15) is 17.2 Å². The number of rotatable bonds is 6. The normalized spacial score (nSPS) is 10.9. The van der Waals surface area contributed by atoms with Crippen LogP contribution < -0.4 is 10.1 Å². The Bertz CT molecular complexity index is 1020. The fraction of sp³-hybridized carbons (Fsp3) is 0.0833. The van der Waals surface area contributed by atoms with Crippen LogP contribution in [0.5, 0.6) is 11.5 Å². The lowest BCUT2D eigenvalue weighted by Crippen LogP contribution is -2.28. The van der Waals surface area contributed by atoms with Gasteiger partial charge in [0.25, 0.3) is 5.91 Å². The highest BCUT2D eigenvalue weighted by Gasteiger charge is 2.14. The minimum Gasteiger partial charge on any atom is -0.464 e. The molecule has 5 nitrogen and oxygen atoms in total. The van der Waals surface area contributed by atoms with Crippen LogP contribution in [0.1, 0.15) is 21.5 Å². The van der Waals surface area contributed by atoms with E-state index in [0.29, 0.717) is 11.3 Å². The molecule has 0 saturated carbocycles. The van der Waals surface area contributed by atoms with Gasteiger partial charge in [0, 0.05) is 5.56 Å². The predicted octanol–water partition coefficient (Wildman–Crippen LogP) is 4.73. The zero-order valence-electron chi connectivity index (χ0n) is 16.2. The van der Waals surface area contributed by atoms with Crippen molar-refractivity contribution in [3.05, 3.63) is 101 Å². The molecule has 0 bridgehead atoms. The molecular weight excluding hydrogens is 366 g/mol. The fourth-order valence-corrected chi connectivity index (χ4v) is 2.64. The largest absolute Gasteiger partial charge is 0.464 e. The van der Waals surface area contributed by atoms with Gasteiger partial charge in [-0.25, -0.2) is 4.79 Å². The van der Waals surface area contributed by atoms with E-state index in [0.717, 1.165) is 16.9 Å². The number of esters is 1. The van der Waals surface area contributed by atoms with Gasteiger partial charge in [-0.05, 0) is 54.5 Å². The summed E-state index contributed by atoms with van der Waals surface area (Å²) >= 11 is 0. The molecule has 0 aromatic heterocycles. The van der Waals surface area contributed by atoms with Gasteiger partial charge >= 0.3 is 5.97 Å². The van der Waals surface area contributed by atoms with Crippen LogP contribution in [-0.4, -0.2) is 19.0 Å². The Labute approximate surface area is 169 Å². The molecule has 0 aliphatic heterocycles. The molecule has 0 aliphatic rings. The minimum atomic E-state index is -0.630. The number of nitrogens with one attached hydrogen (secondary N) is 1. The van der Waals surface area contributed by atoms with Crippen LogP contribution in [-0.2, 0) is 9.53 Å². The number of hydrogen-bond donors (Lipinski definition) is 1. The lowest BCUT2D eigenvalue weighted by atomic mass is 10.1. The first-order valence-corrected chi connectivity index (χ1v) is 9.07. The number of aryl methyl sites for hydroxylation is 1. The molecule has 3 aromatic rings. The van der Waals surface area contributed by atoms with Gasteiger partial charge in [0.05, 0.1) is 7.11 Å². The Kier molecular flexibility index (Phi) is 6.43. The van der Waals surface area contributed by atoms with Crippen molar-refractivity contribution in [3.63, 3.8) is 0 Å². The monoisotopic (exact) mass is 387 g/mol. The smallest absolute Gasteiger partial charge is 0.354 e. The summed E-state index contributed by atoms with van der Waals surface area (Å²) in [6, 6.07) is 23.6. The summed E-state index contributed by atoms with van der Waals surface area (Å²) in [5.41, 5.74) is 2.25. The van der Waals surface area contributed by atoms with Crippen LogP contribution in [0.25, 0.3) is 6.08 Å². The number of para-hydroxylation sites is 1. The van der Waals surface area contributed by atoms with Gasteiger partial charge < -0.3 is 14.8 Å². The third-order valence-corrected chi connectivity index (χ3v) is 4.20. The van der Waals surface area contributed by atoms with Crippen molar-refractivity contribution < 1.29 is 19.1 Å². The number of hydrogen-bond acceptors (Lipinski definition) is 4. The molecule has 0 atom stereocenters. The summed E-state index contributed by atoms with van der Waals surface area (Å²) in [5, 5.41) is 2.61. The van der Waals surface area contributed by atoms with Gasteiger partial charge in [0.2, 0.25) is 0 Å². The second-order valence-corrected chi connectivity index (χ2v) is 6.31. The van der Waals surface area contributed by atoms with Gasteiger partial charge in [-0.2, -0.15) is 0 Å². The van der Waals surface area contributed by atoms with Gasteiger partial charge in [0.15, 0.2) is 0 Å². The zero-order chi connectivity index (χ0) is 20.6. The molecule has 3 rings (SSSR count). The van der Waals surface area contributed by atoms with Crippen LogP contribution in [0.2, 0.25) is 0 Å². The third kappa shape index (κ3) is 5.32. The highest BCUT2D eigenvalue weighted by atomic mass is 16.5. The molecule has 29 heavy (non-hydrogen) atoms. The summed E-state index contributed by atoms with van der Waals surface area (Å²) in [7, 11) is 1.27. The maximum atomic E-state index is 12.4. The quantitative estimate of drug-likeness (QED) is 0.490. The van der Waals surface area contributed by atoms with E-state index in [-0.39, 0.29) is 11.6 Å². The lowest BCUT2D eigenvalue weighted by molar-refractivity contribution is -0.136. The van der Waals surface area contributed by atoms with E-state index < -0.39 is 5.97 Å². The topological polar surface area (TPSA) is 64.6 Å². The van der Waals surface area contributed by atoms with Crippen molar-refractivity contribution in [2.45, 2.75) is 6.92 Å². The Balaban J connectivity index is 1.78. The Morgan fingerprint density at radius 3 is 2.17 bits per heavy atom. The van der Waals surface area contributed by atoms with E-state index in [1.165, 1.54) is 7.11 Å². The molecule has 5 heteroatoms. The Hall–Kier alpha value is -3.86. The average Bonchev–Trinajstić information content (AvgIpc) is 2.76. The van der Waals surface area contributed by atoms with Crippen molar-refractivity contribution in [1.82, 2.24) is 5.32 Å². The van der Waals surface area contributed by atoms with Crippen molar-refractivity contribution in [2.75, 3.05) is 7.11 Å². The van der Waals surface area contributed by atoms with Crippen molar-refractivity contribution in [3.8, 4) is 11.5 Å². The standard InChI is InChI=1S/C24H21NO4/c1-17-8-6-7-11-22(17)29-20-14-12-18(13-15-20)16-21(24(27)28-2)25-23(26)19-9-4-3-5-10-19/h3-16H,1-2H3,(H,25,26). The highest BCUT2D eigenvalue weighted by molar-refractivity contribution is 6.03. The van der Waals surface area contributed by atoms with Crippen LogP contribution in [0.4, 0.5) is 0 Å². The number of methoxy groups -OCH3 is 1. The van der Waals surface area contributed by atoms with Crippen LogP contribution in [0.15, 0.2) is 84.6 Å². The first-order valence-electron chi connectivity index (χ1n) is 9.07. The Morgan fingerprint density at radius 1 is 0.862 bits per heavy atom. The number of amides is 1. The maximum absolute atomic E-state index is 12.4. The molecule has 0 fully saturated rings. The van der Waals surface area contributed by atoms with Gasteiger partial charge in [-0.1, -0.05) is 48.5 Å². The predicted molar refractivity (Wildman–Crippen MR) is 112 cm³/mol. The Morgan fingerprint density at radius 2 is 1.52 bits per heavy atom. The van der Waals surface area contributed by atoms with E-state index in [2.05, 4.69) is 5.32 Å². The average molecular weight is 387 g/mol. The molecule has 1 amide bonds. The van der Waals surface area contributed by atoms with E-state index in [9.17, 15) is 9.59 Å². The summed E-state index contributed by atoms with van der Waals surface area (Å²) in [6.07, 6.45) is 1.56. The number of ether oxygens (including phenoxy) is 2. The lowest BCUT2D eigenvalue weighted by Gasteiger charge is -2.10. The zero-order valence-corrected chi connectivity index (χ0v) is 16.2. The van der Waals surface area contributed by atoms with Crippen LogP contribution in [0, 0.1) is 6.92 Å². The maximum Gasteiger partial charge on any atom is 0.354 e.